The van der Waals surface area contributed by atoms with Crippen molar-refractivity contribution in [3.63, 3.8) is 0 Å². The first-order chi connectivity index (χ1) is 8.42. The van der Waals surface area contributed by atoms with Crippen LogP contribution in [0.15, 0.2) is 6.07 Å². The summed E-state index contributed by atoms with van der Waals surface area (Å²) >= 11 is 0. The van der Waals surface area contributed by atoms with Gasteiger partial charge in [-0.25, -0.2) is 0 Å². The number of hydrogen-bond acceptors (Lipinski definition) is 4. The SMILES string of the molecule is c1c(CN2CCOCC2)nn2c1CNCCC2. The van der Waals surface area contributed by atoms with Crippen LogP contribution in [0.25, 0.3) is 0 Å². The molecule has 94 valence electrons. The zero-order valence-corrected chi connectivity index (χ0v) is 10.2. The first-order valence-corrected chi connectivity index (χ1v) is 6.48. The van der Waals surface area contributed by atoms with Crippen molar-refractivity contribution >= 4 is 0 Å². The summed E-state index contributed by atoms with van der Waals surface area (Å²) in [5.41, 5.74) is 2.52. The number of ether oxygens (including phenoxy) is 1. The van der Waals surface area contributed by atoms with Gasteiger partial charge in [0.15, 0.2) is 0 Å². The topological polar surface area (TPSA) is 42.3 Å². The summed E-state index contributed by atoms with van der Waals surface area (Å²) in [4.78, 5) is 2.42. The maximum Gasteiger partial charge on any atom is 0.0768 e. The molecule has 0 atom stereocenters. The number of rotatable bonds is 2. The molecule has 0 amide bonds. The van der Waals surface area contributed by atoms with Gasteiger partial charge < -0.3 is 10.1 Å². The van der Waals surface area contributed by atoms with E-state index in [0.29, 0.717) is 0 Å². The number of nitrogens with one attached hydrogen (secondary N) is 1. The highest BCUT2D eigenvalue weighted by Gasteiger charge is 2.15. The van der Waals surface area contributed by atoms with E-state index >= 15 is 0 Å². The molecule has 2 aliphatic heterocycles. The fourth-order valence-electron chi connectivity index (χ4n) is 2.49. The van der Waals surface area contributed by atoms with E-state index in [2.05, 4.69) is 21.0 Å². The number of aromatic nitrogens is 2. The number of aryl methyl sites for hydroxylation is 1. The molecule has 3 heterocycles. The Bertz CT molecular complexity index is 347. The molecule has 3 rings (SSSR count). The molecule has 0 radical (unpaired) electrons. The average molecular weight is 236 g/mol. The van der Waals surface area contributed by atoms with E-state index in [1.165, 1.54) is 17.8 Å². The minimum atomic E-state index is 0.856. The Hall–Kier alpha value is -0.910. The summed E-state index contributed by atoms with van der Waals surface area (Å²) in [7, 11) is 0. The standard InChI is InChI=1S/C12H20N4O/c1-2-13-9-12-8-11(14-16(12)3-1)10-15-4-6-17-7-5-15/h8,13H,1-7,9-10H2. The summed E-state index contributed by atoms with van der Waals surface area (Å²) in [5, 5.41) is 8.13. The lowest BCUT2D eigenvalue weighted by Gasteiger charge is -2.25. The van der Waals surface area contributed by atoms with Gasteiger partial charge in [0.25, 0.3) is 0 Å². The second-order valence-electron chi connectivity index (χ2n) is 4.77. The first kappa shape index (κ1) is 11.2. The Balaban J connectivity index is 1.67. The third kappa shape index (κ3) is 2.68. The largest absolute Gasteiger partial charge is 0.379 e. The Kier molecular flexibility index (Phi) is 3.40. The molecule has 0 aliphatic carbocycles. The van der Waals surface area contributed by atoms with Crippen LogP contribution in [0, 0.1) is 0 Å². The first-order valence-electron chi connectivity index (χ1n) is 6.48. The van der Waals surface area contributed by atoms with Crippen molar-refractivity contribution in [3.05, 3.63) is 17.5 Å². The van der Waals surface area contributed by atoms with Crippen molar-refractivity contribution in [3.8, 4) is 0 Å². The molecule has 5 heteroatoms. The third-order valence-electron chi connectivity index (χ3n) is 3.43. The van der Waals surface area contributed by atoms with Crippen LogP contribution in [0.5, 0.6) is 0 Å². The number of fused-ring (bicyclic) bond motifs is 1. The van der Waals surface area contributed by atoms with E-state index in [-0.39, 0.29) is 0 Å². The van der Waals surface area contributed by atoms with E-state index in [9.17, 15) is 0 Å². The normalized spacial score (nSPS) is 22.1. The van der Waals surface area contributed by atoms with Crippen molar-refractivity contribution in [2.75, 3.05) is 32.8 Å². The van der Waals surface area contributed by atoms with Gasteiger partial charge in [-0.2, -0.15) is 5.10 Å². The van der Waals surface area contributed by atoms with Crippen LogP contribution in [0.3, 0.4) is 0 Å². The van der Waals surface area contributed by atoms with Gasteiger partial charge in [-0.15, -0.1) is 0 Å². The van der Waals surface area contributed by atoms with Crippen LogP contribution in [0.1, 0.15) is 17.8 Å². The molecule has 17 heavy (non-hydrogen) atoms. The molecular weight excluding hydrogens is 216 g/mol. The summed E-state index contributed by atoms with van der Waals surface area (Å²) < 4.78 is 7.52. The van der Waals surface area contributed by atoms with Gasteiger partial charge in [0, 0.05) is 32.7 Å². The smallest absolute Gasteiger partial charge is 0.0768 e. The molecule has 2 aliphatic rings. The van der Waals surface area contributed by atoms with Gasteiger partial charge in [0.1, 0.15) is 0 Å². The van der Waals surface area contributed by atoms with E-state index in [4.69, 9.17) is 9.84 Å². The van der Waals surface area contributed by atoms with Gasteiger partial charge in [-0.05, 0) is 19.0 Å². The summed E-state index contributed by atoms with van der Waals surface area (Å²) in [6.45, 7) is 7.83. The van der Waals surface area contributed by atoms with Crippen LogP contribution in [0.2, 0.25) is 0 Å². The predicted molar refractivity (Wildman–Crippen MR) is 64.6 cm³/mol. The Morgan fingerprint density at radius 3 is 3.06 bits per heavy atom. The van der Waals surface area contributed by atoms with Gasteiger partial charge in [-0.1, -0.05) is 0 Å². The minimum absolute atomic E-state index is 0.856. The van der Waals surface area contributed by atoms with Crippen LogP contribution >= 0.6 is 0 Å². The fraction of sp³-hybridized carbons (Fsp3) is 0.750. The van der Waals surface area contributed by atoms with Crippen LogP contribution in [-0.2, 0) is 24.4 Å². The Morgan fingerprint density at radius 2 is 2.18 bits per heavy atom. The molecule has 0 aromatic carbocycles. The second-order valence-corrected chi connectivity index (χ2v) is 4.77. The Labute approximate surface area is 102 Å². The maximum absolute atomic E-state index is 5.36. The molecule has 1 N–H and O–H groups in total. The molecular formula is C12H20N4O. The molecule has 1 aromatic rings. The van der Waals surface area contributed by atoms with Crippen molar-refractivity contribution < 1.29 is 4.74 Å². The van der Waals surface area contributed by atoms with Crippen molar-refractivity contribution in [1.82, 2.24) is 20.0 Å². The third-order valence-corrected chi connectivity index (χ3v) is 3.43. The molecule has 0 saturated carbocycles. The highest BCUT2D eigenvalue weighted by molar-refractivity contribution is 5.11. The highest BCUT2D eigenvalue weighted by atomic mass is 16.5. The molecule has 0 spiro atoms. The molecule has 5 nitrogen and oxygen atoms in total. The molecule has 0 bridgehead atoms. The number of hydrogen-bond donors (Lipinski definition) is 1. The van der Waals surface area contributed by atoms with E-state index in [1.54, 1.807) is 0 Å². The zero-order valence-electron chi connectivity index (χ0n) is 10.2. The maximum atomic E-state index is 5.36. The van der Waals surface area contributed by atoms with E-state index in [0.717, 1.165) is 52.5 Å². The van der Waals surface area contributed by atoms with E-state index in [1.807, 2.05) is 0 Å². The molecule has 1 saturated heterocycles. The van der Waals surface area contributed by atoms with Crippen molar-refractivity contribution in [2.45, 2.75) is 26.1 Å². The van der Waals surface area contributed by atoms with E-state index < -0.39 is 0 Å². The molecule has 1 fully saturated rings. The summed E-state index contributed by atoms with van der Waals surface area (Å²) in [5.74, 6) is 0. The zero-order chi connectivity index (χ0) is 11.5. The van der Waals surface area contributed by atoms with Gasteiger partial charge in [0.2, 0.25) is 0 Å². The Morgan fingerprint density at radius 1 is 1.29 bits per heavy atom. The van der Waals surface area contributed by atoms with Crippen molar-refractivity contribution in [1.29, 1.82) is 0 Å². The quantitative estimate of drug-likeness (QED) is 0.797. The second kappa shape index (κ2) is 5.16. The van der Waals surface area contributed by atoms with Gasteiger partial charge >= 0.3 is 0 Å². The highest BCUT2D eigenvalue weighted by Crippen LogP contribution is 2.11. The number of nitrogens with zero attached hydrogens (tertiary/aromatic N) is 3. The summed E-state index contributed by atoms with van der Waals surface area (Å²) in [6.07, 6.45) is 1.17. The lowest BCUT2D eigenvalue weighted by molar-refractivity contribution is 0.0335. The molecule has 1 aromatic heterocycles. The van der Waals surface area contributed by atoms with Crippen LogP contribution in [-0.4, -0.2) is 47.5 Å². The fourth-order valence-corrected chi connectivity index (χ4v) is 2.49. The number of morpholine rings is 1. The monoisotopic (exact) mass is 236 g/mol. The van der Waals surface area contributed by atoms with Crippen molar-refractivity contribution in [2.24, 2.45) is 0 Å². The lowest BCUT2D eigenvalue weighted by atomic mass is 10.3. The predicted octanol–water partition coefficient (Wildman–Crippen LogP) is 0.209. The minimum Gasteiger partial charge on any atom is -0.379 e. The van der Waals surface area contributed by atoms with Crippen LogP contribution in [0.4, 0.5) is 0 Å². The molecule has 0 unspecified atom stereocenters. The van der Waals surface area contributed by atoms with Crippen LogP contribution < -0.4 is 5.32 Å². The van der Waals surface area contributed by atoms with Gasteiger partial charge in [-0.3, -0.25) is 9.58 Å². The van der Waals surface area contributed by atoms with Gasteiger partial charge in [0.05, 0.1) is 24.6 Å². The summed E-state index contributed by atoms with van der Waals surface area (Å²) in [6, 6.07) is 2.24. The lowest BCUT2D eigenvalue weighted by Crippen LogP contribution is -2.35. The average Bonchev–Trinajstić information content (AvgIpc) is 2.60.